The zero-order valence-corrected chi connectivity index (χ0v) is 11.7. The maximum Gasteiger partial charge on any atom is 0.308 e. The van der Waals surface area contributed by atoms with Crippen LogP contribution in [-0.4, -0.2) is 47.4 Å². The number of para-hydroxylation sites is 1. The minimum Gasteiger partial charge on any atom is -0.481 e. The van der Waals surface area contributed by atoms with Crippen molar-refractivity contribution in [3.05, 3.63) is 29.8 Å². The highest BCUT2D eigenvalue weighted by Gasteiger charge is 2.43. The predicted octanol–water partition coefficient (Wildman–Crippen LogP) is 0.507. The maximum absolute atomic E-state index is 12.2. The molecule has 0 saturated carbocycles. The zero-order valence-electron chi connectivity index (χ0n) is 11.7. The quantitative estimate of drug-likeness (QED) is 0.802. The summed E-state index contributed by atoms with van der Waals surface area (Å²) in [7, 11) is 1.47. The number of aliphatic carboxylic acids is 1. The number of fused-ring (bicyclic) bond motifs is 1. The summed E-state index contributed by atoms with van der Waals surface area (Å²) < 4.78 is 0. The van der Waals surface area contributed by atoms with E-state index < -0.39 is 17.9 Å². The second-order valence-electron chi connectivity index (χ2n) is 5.53. The van der Waals surface area contributed by atoms with Crippen molar-refractivity contribution >= 4 is 23.5 Å². The fourth-order valence-electron chi connectivity index (χ4n) is 3.07. The van der Waals surface area contributed by atoms with Crippen molar-refractivity contribution < 1.29 is 19.5 Å². The van der Waals surface area contributed by atoms with E-state index in [4.69, 9.17) is 0 Å². The summed E-state index contributed by atoms with van der Waals surface area (Å²) in [4.78, 5) is 38.2. The first-order chi connectivity index (χ1) is 9.99. The Morgan fingerprint density at radius 1 is 1.24 bits per heavy atom. The molecular formula is C15H16N2O4. The number of imide groups is 1. The number of nitrogens with zero attached hydrogens (tertiary/aromatic N) is 2. The van der Waals surface area contributed by atoms with Gasteiger partial charge in [-0.3, -0.25) is 19.3 Å². The van der Waals surface area contributed by atoms with E-state index in [1.54, 1.807) is 4.90 Å². The maximum atomic E-state index is 12.2. The monoisotopic (exact) mass is 288 g/mol. The lowest BCUT2D eigenvalue weighted by molar-refractivity contribution is -0.142. The molecular weight excluding hydrogens is 272 g/mol. The Morgan fingerprint density at radius 3 is 2.57 bits per heavy atom. The molecule has 2 unspecified atom stereocenters. The lowest BCUT2D eigenvalue weighted by Gasteiger charge is -2.37. The molecule has 6 nitrogen and oxygen atoms in total. The lowest BCUT2D eigenvalue weighted by atomic mass is 9.91. The standard InChI is InChI=1S/C15H16N2O4/c1-16-13(18)7-12(14(16)19)17-8-10(15(20)21)6-9-4-2-3-5-11(9)17/h2-5,10,12H,6-8H2,1H3,(H,20,21). The van der Waals surface area contributed by atoms with Crippen molar-refractivity contribution in [2.75, 3.05) is 18.5 Å². The average Bonchev–Trinajstić information content (AvgIpc) is 2.73. The van der Waals surface area contributed by atoms with Crippen molar-refractivity contribution in [1.82, 2.24) is 4.90 Å². The van der Waals surface area contributed by atoms with Gasteiger partial charge in [-0.15, -0.1) is 0 Å². The van der Waals surface area contributed by atoms with E-state index in [-0.39, 0.29) is 24.8 Å². The van der Waals surface area contributed by atoms with Crippen molar-refractivity contribution in [2.24, 2.45) is 5.92 Å². The van der Waals surface area contributed by atoms with Gasteiger partial charge in [0.25, 0.3) is 5.91 Å². The molecule has 0 radical (unpaired) electrons. The van der Waals surface area contributed by atoms with E-state index in [0.717, 1.165) is 16.2 Å². The average molecular weight is 288 g/mol. The molecule has 0 aromatic heterocycles. The van der Waals surface area contributed by atoms with E-state index >= 15 is 0 Å². The Kier molecular flexibility index (Phi) is 3.16. The fourth-order valence-corrected chi connectivity index (χ4v) is 3.07. The number of likely N-dealkylation sites (tertiary alicyclic amines) is 1. The van der Waals surface area contributed by atoms with Gasteiger partial charge in [0.15, 0.2) is 0 Å². The number of likely N-dealkylation sites (N-methyl/N-ethyl adjacent to an activating group) is 1. The summed E-state index contributed by atoms with van der Waals surface area (Å²) in [6.07, 6.45) is 0.558. The molecule has 1 aromatic carbocycles. The number of anilines is 1. The highest BCUT2D eigenvalue weighted by molar-refractivity contribution is 6.07. The number of carbonyl (C=O) groups is 3. The largest absolute Gasteiger partial charge is 0.481 e. The highest BCUT2D eigenvalue weighted by atomic mass is 16.4. The van der Waals surface area contributed by atoms with Crippen molar-refractivity contribution in [2.45, 2.75) is 18.9 Å². The topological polar surface area (TPSA) is 77.9 Å². The summed E-state index contributed by atoms with van der Waals surface area (Å²) in [6.45, 7) is 0.254. The normalized spacial score (nSPS) is 25.2. The second-order valence-corrected chi connectivity index (χ2v) is 5.53. The van der Waals surface area contributed by atoms with Crippen LogP contribution in [0.5, 0.6) is 0 Å². The number of carbonyl (C=O) groups excluding carboxylic acids is 2. The Bertz CT molecular complexity index is 628. The molecule has 1 N–H and O–H groups in total. The van der Waals surface area contributed by atoms with Crippen LogP contribution in [0.4, 0.5) is 5.69 Å². The number of amides is 2. The Morgan fingerprint density at radius 2 is 1.95 bits per heavy atom. The van der Waals surface area contributed by atoms with Crippen LogP contribution in [0, 0.1) is 5.92 Å². The summed E-state index contributed by atoms with van der Waals surface area (Å²) >= 11 is 0. The molecule has 6 heteroatoms. The van der Waals surface area contributed by atoms with Crippen molar-refractivity contribution in [3.63, 3.8) is 0 Å². The van der Waals surface area contributed by atoms with Gasteiger partial charge < -0.3 is 10.0 Å². The van der Waals surface area contributed by atoms with Gasteiger partial charge in [-0.1, -0.05) is 18.2 Å². The molecule has 1 aromatic rings. The van der Waals surface area contributed by atoms with Gasteiger partial charge in [0.1, 0.15) is 6.04 Å². The van der Waals surface area contributed by atoms with Crippen LogP contribution in [0.15, 0.2) is 24.3 Å². The number of hydrogen-bond donors (Lipinski definition) is 1. The van der Waals surface area contributed by atoms with Crippen molar-refractivity contribution in [3.8, 4) is 0 Å². The van der Waals surface area contributed by atoms with Gasteiger partial charge in [-0.25, -0.2) is 0 Å². The van der Waals surface area contributed by atoms with Crippen LogP contribution in [0.25, 0.3) is 0 Å². The molecule has 2 heterocycles. The summed E-state index contributed by atoms with van der Waals surface area (Å²) in [5.41, 5.74) is 1.77. The third-order valence-corrected chi connectivity index (χ3v) is 4.27. The number of carboxylic acid groups (broad SMARTS) is 1. The van der Waals surface area contributed by atoms with Crippen LogP contribution >= 0.6 is 0 Å². The minimum absolute atomic E-state index is 0.107. The smallest absolute Gasteiger partial charge is 0.308 e. The molecule has 0 spiro atoms. The molecule has 3 rings (SSSR count). The molecule has 110 valence electrons. The summed E-state index contributed by atoms with van der Waals surface area (Å²) in [5.74, 6) is -1.92. The lowest BCUT2D eigenvalue weighted by Crippen LogP contribution is -2.48. The Balaban J connectivity index is 1.99. The second kappa shape index (κ2) is 4.87. The third-order valence-electron chi connectivity index (χ3n) is 4.27. The van der Waals surface area contributed by atoms with Gasteiger partial charge >= 0.3 is 5.97 Å². The first-order valence-corrected chi connectivity index (χ1v) is 6.86. The molecule has 2 aliphatic rings. The molecule has 2 atom stereocenters. The first-order valence-electron chi connectivity index (χ1n) is 6.86. The van der Waals surface area contributed by atoms with Gasteiger partial charge in [0, 0.05) is 19.3 Å². The van der Waals surface area contributed by atoms with Crippen molar-refractivity contribution in [1.29, 1.82) is 0 Å². The number of hydrogen-bond acceptors (Lipinski definition) is 4. The zero-order chi connectivity index (χ0) is 15.1. The van der Waals surface area contributed by atoms with Crippen LogP contribution in [0.3, 0.4) is 0 Å². The van der Waals surface area contributed by atoms with E-state index in [1.165, 1.54) is 7.05 Å². The van der Waals surface area contributed by atoms with E-state index in [1.807, 2.05) is 24.3 Å². The molecule has 0 bridgehead atoms. The van der Waals surface area contributed by atoms with Gasteiger partial charge in [-0.2, -0.15) is 0 Å². The van der Waals surface area contributed by atoms with E-state index in [0.29, 0.717) is 6.42 Å². The van der Waals surface area contributed by atoms with Gasteiger partial charge in [0.2, 0.25) is 5.91 Å². The number of benzene rings is 1. The Hall–Kier alpha value is -2.37. The molecule has 2 amide bonds. The Labute approximate surface area is 122 Å². The van der Waals surface area contributed by atoms with Crippen LogP contribution in [-0.2, 0) is 20.8 Å². The molecule has 1 fully saturated rings. The number of rotatable bonds is 2. The molecule has 21 heavy (non-hydrogen) atoms. The minimum atomic E-state index is -0.875. The first kappa shape index (κ1) is 13.6. The van der Waals surface area contributed by atoms with Gasteiger partial charge in [0.05, 0.1) is 12.3 Å². The van der Waals surface area contributed by atoms with Crippen LogP contribution in [0.1, 0.15) is 12.0 Å². The molecule has 2 aliphatic heterocycles. The third kappa shape index (κ3) is 2.16. The summed E-state index contributed by atoms with van der Waals surface area (Å²) in [5, 5.41) is 9.31. The van der Waals surface area contributed by atoms with Crippen LogP contribution < -0.4 is 4.90 Å². The summed E-state index contributed by atoms with van der Waals surface area (Å²) in [6, 6.07) is 6.88. The SMILES string of the molecule is CN1C(=O)CC(N2CC(C(=O)O)Cc3ccccc32)C1=O. The highest BCUT2D eigenvalue weighted by Crippen LogP contribution is 2.33. The number of carboxylic acids is 1. The predicted molar refractivity (Wildman–Crippen MR) is 74.8 cm³/mol. The fraction of sp³-hybridized carbons (Fsp3) is 0.400. The van der Waals surface area contributed by atoms with E-state index in [2.05, 4.69) is 0 Å². The van der Waals surface area contributed by atoms with E-state index in [9.17, 15) is 19.5 Å². The van der Waals surface area contributed by atoms with Gasteiger partial charge in [-0.05, 0) is 18.1 Å². The molecule has 0 aliphatic carbocycles. The van der Waals surface area contributed by atoms with Crippen LogP contribution in [0.2, 0.25) is 0 Å². The molecule has 1 saturated heterocycles.